The number of nitrogens with two attached hydrogens (primary N) is 1. The molecular weight excluding hydrogens is 272 g/mol. The summed E-state index contributed by atoms with van der Waals surface area (Å²) in [5, 5.41) is 14.1. The predicted molar refractivity (Wildman–Crippen MR) is 78.6 cm³/mol. The number of nitrogens with zero attached hydrogens (tertiary/aromatic N) is 5. The van der Waals surface area contributed by atoms with Crippen LogP contribution in [0.15, 0.2) is 24.5 Å². The Morgan fingerprint density at radius 2 is 2.25 bits per heavy atom. The summed E-state index contributed by atoms with van der Waals surface area (Å²) in [4.78, 5) is 4.89. The molecule has 0 bridgehead atoms. The van der Waals surface area contributed by atoms with E-state index in [0.29, 0.717) is 12.4 Å². The van der Waals surface area contributed by atoms with E-state index in [2.05, 4.69) is 34.1 Å². The SMILES string of the molecule is CCC(C)(CN)c1nn2c(-c3cccnc3)nnc2s1. The molecule has 0 saturated carbocycles. The van der Waals surface area contributed by atoms with Gasteiger partial charge in [0.1, 0.15) is 5.01 Å². The zero-order valence-corrected chi connectivity index (χ0v) is 12.3. The van der Waals surface area contributed by atoms with E-state index in [1.54, 1.807) is 28.2 Å². The molecule has 3 aromatic rings. The van der Waals surface area contributed by atoms with Gasteiger partial charge in [0.2, 0.25) is 4.96 Å². The topological polar surface area (TPSA) is 82.0 Å². The summed E-state index contributed by atoms with van der Waals surface area (Å²) < 4.78 is 1.78. The molecule has 1 atom stereocenters. The average molecular weight is 288 g/mol. The Morgan fingerprint density at radius 1 is 1.40 bits per heavy atom. The maximum absolute atomic E-state index is 5.90. The van der Waals surface area contributed by atoms with E-state index in [-0.39, 0.29) is 5.41 Å². The number of pyridine rings is 1. The maximum Gasteiger partial charge on any atom is 0.234 e. The molecule has 0 amide bonds. The minimum atomic E-state index is -0.114. The van der Waals surface area contributed by atoms with E-state index in [1.807, 2.05) is 12.1 Å². The molecule has 0 aromatic carbocycles. The summed E-state index contributed by atoms with van der Waals surface area (Å²) in [6.45, 7) is 4.82. The highest BCUT2D eigenvalue weighted by atomic mass is 32.1. The summed E-state index contributed by atoms with van der Waals surface area (Å²) in [6, 6.07) is 3.82. The van der Waals surface area contributed by atoms with Crippen molar-refractivity contribution in [3.05, 3.63) is 29.5 Å². The molecule has 3 rings (SSSR count). The Morgan fingerprint density at radius 3 is 2.90 bits per heavy atom. The Bertz CT molecular complexity index is 713. The molecule has 0 radical (unpaired) electrons. The fourth-order valence-electron chi connectivity index (χ4n) is 1.92. The lowest BCUT2D eigenvalue weighted by atomic mass is 9.89. The van der Waals surface area contributed by atoms with Gasteiger partial charge in [-0.15, -0.1) is 10.2 Å². The summed E-state index contributed by atoms with van der Waals surface area (Å²) in [6.07, 6.45) is 4.43. The van der Waals surface area contributed by atoms with Crippen LogP contribution in [0.3, 0.4) is 0 Å². The summed E-state index contributed by atoms with van der Waals surface area (Å²) in [5.41, 5.74) is 6.69. The van der Waals surface area contributed by atoms with E-state index in [9.17, 15) is 0 Å². The van der Waals surface area contributed by atoms with Crippen molar-refractivity contribution in [2.75, 3.05) is 6.54 Å². The smallest absolute Gasteiger partial charge is 0.234 e. The highest BCUT2D eigenvalue weighted by Crippen LogP contribution is 2.31. The van der Waals surface area contributed by atoms with Crippen LogP contribution in [0.1, 0.15) is 25.3 Å². The Hall–Kier alpha value is -1.86. The zero-order chi connectivity index (χ0) is 14.2. The van der Waals surface area contributed by atoms with E-state index in [0.717, 1.165) is 22.0 Å². The molecule has 7 heteroatoms. The van der Waals surface area contributed by atoms with Gasteiger partial charge in [0.05, 0.1) is 0 Å². The molecule has 0 aliphatic rings. The van der Waals surface area contributed by atoms with Gasteiger partial charge in [-0.3, -0.25) is 4.98 Å². The fourth-order valence-corrected chi connectivity index (χ4v) is 2.98. The van der Waals surface area contributed by atoms with Crippen LogP contribution in [0.5, 0.6) is 0 Å². The number of fused-ring (bicyclic) bond motifs is 1. The lowest BCUT2D eigenvalue weighted by molar-refractivity contribution is 0.459. The first-order chi connectivity index (χ1) is 9.68. The molecule has 0 fully saturated rings. The standard InChI is InChI=1S/C13H16N6S/c1-3-13(2,8-14)11-18-19-10(16-17-12(19)20-11)9-5-4-6-15-7-9/h4-7H,3,8,14H2,1-2H3. The number of hydrogen-bond acceptors (Lipinski definition) is 6. The molecule has 104 valence electrons. The van der Waals surface area contributed by atoms with Crippen LogP contribution in [0.25, 0.3) is 16.3 Å². The monoisotopic (exact) mass is 288 g/mol. The molecule has 0 aliphatic heterocycles. The molecule has 0 aliphatic carbocycles. The summed E-state index contributed by atoms with van der Waals surface area (Å²) in [7, 11) is 0. The van der Waals surface area contributed by atoms with Crippen molar-refractivity contribution in [2.24, 2.45) is 5.73 Å². The lowest BCUT2D eigenvalue weighted by Crippen LogP contribution is -2.31. The van der Waals surface area contributed by atoms with Crippen molar-refractivity contribution in [1.29, 1.82) is 0 Å². The quantitative estimate of drug-likeness (QED) is 0.792. The van der Waals surface area contributed by atoms with Crippen molar-refractivity contribution < 1.29 is 0 Å². The second-order valence-electron chi connectivity index (χ2n) is 4.99. The van der Waals surface area contributed by atoms with Crippen molar-refractivity contribution >= 4 is 16.3 Å². The van der Waals surface area contributed by atoms with Gasteiger partial charge in [-0.2, -0.15) is 9.61 Å². The molecule has 6 nitrogen and oxygen atoms in total. The summed E-state index contributed by atoms with van der Waals surface area (Å²) in [5.74, 6) is 0.714. The van der Waals surface area contributed by atoms with Gasteiger partial charge in [-0.25, -0.2) is 0 Å². The Balaban J connectivity index is 2.12. The van der Waals surface area contributed by atoms with Crippen molar-refractivity contribution in [2.45, 2.75) is 25.7 Å². The van der Waals surface area contributed by atoms with Gasteiger partial charge in [0.15, 0.2) is 5.82 Å². The molecule has 3 heterocycles. The highest BCUT2D eigenvalue weighted by Gasteiger charge is 2.28. The van der Waals surface area contributed by atoms with E-state index >= 15 is 0 Å². The zero-order valence-electron chi connectivity index (χ0n) is 11.4. The molecule has 20 heavy (non-hydrogen) atoms. The normalized spacial score (nSPS) is 14.6. The first-order valence-electron chi connectivity index (χ1n) is 6.51. The van der Waals surface area contributed by atoms with Crippen molar-refractivity contribution in [1.82, 2.24) is 24.8 Å². The Labute approximate surface area is 120 Å². The van der Waals surface area contributed by atoms with Crippen LogP contribution in [0, 0.1) is 0 Å². The molecule has 1 unspecified atom stereocenters. The van der Waals surface area contributed by atoms with Crippen LogP contribution < -0.4 is 5.73 Å². The largest absolute Gasteiger partial charge is 0.330 e. The number of hydrogen-bond donors (Lipinski definition) is 1. The number of aromatic nitrogens is 5. The van der Waals surface area contributed by atoms with Crippen molar-refractivity contribution in [3.8, 4) is 11.4 Å². The second kappa shape index (κ2) is 4.92. The van der Waals surface area contributed by atoms with E-state index in [1.165, 1.54) is 0 Å². The van der Waals surface area contributed by atoms with Crippen LogP contribution in [-0.2, 0) is 5.41 Å². The fraction of sp³-hybridized carbons (Fsp3) is 0.385. The van der Waals surface area contributed by atoms with E-state index < -0.39 is 0 Å². The number of rotatable bonds is 4. The van der Waals surface area contributed by atoms with Crippen LogP contribution in [0.4, 0.5) is 0 Å². The van der Waals surface area contributed by atoms with E-state index in [4.69, 9.17) is 5.73 Å². The second-order valence-corrected chi connectivity index (χ2v) is 5.94. The first-order valence-corrected chi connectivity index (χ1v) is 7.33. The maximum atomic E-state index is 5.90. The molecular formula is C13H16N6S. The average Bonchev–Trinajstić information content (AvgIpc) is 3.07. The van der Waals surface area contributed by atoms with Crippen LogP contribution in [0.2, 0.25) is 0 Å². The lowest BCUT2D eigenvalue weighted by Gasteiger charge is -2.22. The van der Waals surface area contributed by atoms with Crippen molar-refractivity contribution in [3.63, 3.8) is 0 Å². The summed E-state index contributed by atoms with van der Waals surface area (Å²) >= 11 is 1.55. The van der Waals surface area contributed by atoms with Gasteiger partial charge in [0.25, 0.3) is 0 Å². The molecule has 0 spiro atoms. The third kappa shape index (κ3) is 1.99. The van der Waals surface area contributed by atoms with Gasteiger partial charge < -0.3 is 5.73 Å². The third-order valence-electron chi connectivity index (χ3n) is 3.66. The van der Waals surface area contributed by atoms with Gasteiger partial charge in [-0.1, -0.05) is 25.2 Å². The van der Waals surface area contributed by atoms with Crippen LogP contribution in [-0.4, -0.2) is 31.3 Å². The van der Waals surface area contributed by atoms with Gasteiger partial charge >= 0.3 is 0 Å². The van der Waals surface area contributed by atoms with Gasteiger partial charge in [0, 0.05) is 29.9 Å². The third-order valence-corrected chi connectivity index (χ3v) is 4.86. The van der Waals surface area contributed by atoms with Gasteiger partial charge in [-0.05, 0) is 18.6 Å². The minimum Gasteiger partial charge on any atom is -0.330 e. The molecule has 3 aromatic heterocycles. The molecule has 2 N–H and O–H groups in total. The Kier molecular flexibility index (Phi) is 3.23. The minimum absolute atomic E-state index is 0.114. The highest BCUT2D eigenvalue weighted by molar-refractivity contribution is 7.16. The van der Waals surface area contributed by atoms with Crippen LogP contribution >= 0.6 is 11.3 Å². The predicted octanol–water partition coefficient (Wildman–Crippen LogP) is 1.87. The first kappa shape index (κ1) is 13.1. The molecule has 0 saturated heterocycles.